The Morgan fingerprint density at radius 1 is 1.04 bits per heavy atom. The average molecular weight is 384 g/mol. The summed E-state index contributed by atoms with van der Waals surface area (Å²) in [5, 5.41) is 11.4. The SMILES string of the molecule is CCn1c(SCCN2C(=O)c3ccccc3C2=O)nnc1-c1cccs1. The van der Waals surface area contributed by atoms with E-state index in [-0.39, 0.29) is 11.8 Å². The lowest BCUT2D eigenvalue weighted by Crippen LogP contribution is -2.31. The maximum absolute atomic E-state index is 12.4. The molecule has 132 valence electrons. The first kappa shape index (κ1) is 17.0. The van der Waals surface area contributed by atoms with Crippen molar-refractivity contribution in [1.29, 1.82) is 0 Å². The van der Waals surface area contributed by atoms with E-state index in [2.05, 4.69) is 21.7 Å². The largest absolute Gasteiger partial charge is 0.302 e. The number of aromatic nitrogens is 3. The molecular weight excluding hydrogens is 368 g/mol. The van der Waals surface area contributed by atoms with Crippen molar-refractivity contribution in [2.75, 3.05) is 12.3 Å². The number of nitrogens with zero attached hydrogens (tertiary/aromatic N) is 4. The summed E-state index contributed by atoms with van der Waals surface area (Å²) in [7, 11) is 0. The minimum Gasteiger partial charge on any atom is -0.302 e. The van der Waals surface area contributed by atoms with Crippen LogP contribution in [0.1, 0.15) is 27.6 Å². The van der Waals surface area contributed by atoms with Gasteiger partial charge in [0.15, 0.2) is 11.0 Å². The first-order valence-corrected chi connectivity index (χ1v) is 10.1. The number of imide groups is 1. The van der Waals surface area contributed by atoms with Crippen molar-refractivity contribution in [3.63, 3.8) is 0 Å². The third-order valence-corrected chi connectivity index (χ3v) is 6.01. The number of carbonyl (C=O) groups excluding carboxylic acids is 2. The van der Waals surface area contributed by atoms with Crippen molar-refractivity contribution in [3.8, 4) is 10.7 Å². The Morgan fingerprint density at radius 3 is 2.38 bits per heavy atom. The zero-order valence-electron chi connectivity index (χ0n) is 14.1. The number of hydrogen-bond donors (Lipinski definition) is 0. The topological polar surface area (TPSA) is 68.1 Å². The molecular formula is C18H16N4O2S2. The van der Waals surface area contributed by atoms with Crippen LogP contribution in [0.15, 0.2) is 46.9 Å². The Labute approximate surface area is 158 Å². The van der Waals surface area contributed by atoms with Crippen LogP contribution in [0.5, 0.6) is 0 Å². The number of amides is 2. The number of thioether (sulfide) groups is 1. The molecule has 0 unspecified atom stereocenters. The van der Waals surface area contributed by atoms with Crippen molar-refractivity contribution in [1.82, 2.24) is 19.7 Å². The van der Waals surface area contributed by atoms with E-state index in [1.165, 1.54) is 16.7 Å². The molecule has 1 aliphatic rings. The van der Waals surface area contributed by atoms with Crippen LogP contribution < -0.4 is 0 Å². The zero-order valence-corrected chi connectivity index (χ0v) is 15.7. The van der Waals surface area contributed by atoms with Gasteiger partial charge in [-0.05, 0) is 30.5 Å². The summed E-state index contributed by atoms with van der Waals surface area (Å²) in [5.41, 5.74) is 0.971. The van der Waals surface area contributed by atoms with Crippen LogP contribution in [0.25, 0.3) is 10.7 Å². The molecule has 0 saturated heterocycles. The van der Waals surface area contributed by atoms with E-state index >= 15 is 0 Å². The molecule has 0 aliphatic carbocycles. The second-order valence-electron chi connectivity index (χ2n) is 5.68. The van der Waals surface area contributed by atoms with Gasteiger partial charge in [0.1, 0.15) is 0 Å². The quantitative estimate of drug-likeness (QED) is 0.481. The highest BCUT2D eigenvalue weighted by Gasteiger charge is 2.34. The van der Waals surface area contributed by atoms with Crippen LogP contribution in [-0.2, 0) is 6.54 Å². The number of carbonyl (C=O) groups is 2. The predicted octanol–water partition coefficient (Wildman–Crippen LogP) is 3.41. The lowest BCUT2D eigenvalue weighted by atomic mass is 10.1. The Balaban J connectivity index is 1.45. The van der Waals surface area contributed by atoms with Crippen LogP contribution in [0, 0.1) is 0 Å². The van der Waals surface area contributed by atoms with Gasteiger partial charge in [0.2, 0.25) is 0 Å². The summed E-state index contributed by atoms with van der Waals surface area (Å²) in [4.78, 5) is 27.2. The third-order valence-electron chi connectivity index (χ3n) is 4.20. The van der Waals surface area contributed by atoms with Crippen LogP contribution in [0.2, 0.25) is 0 Å². The Morgan fingerprint density at radius 2 is 1.77 bits per heavy atom. The maximum atomic E-state index is 12.4. The first-order valence-electron chi connectivity index (χ1n) is 8.25. The van der Waals surface area contributed by atoms with Crippen LogP contribution in [0.4, 0.5) is 0 Å². The molecule has 6 nitrogen and oxygen atoms in total. The van der Waals surface area contributed by atoms with Gasteiger partial charge >= 0.3 is 0 Å². The number of hydrogen-bond acceptors (Lipinski definition) is 6. The highest BCUT2D eigenvalue weighted by molar-refractivity contribution is 7.99. The van der Waals surface area contributed by atoms with E-state index in [0.29, 0.717) is 23.4 Å². The summed E-state index contributed by atoms with van der Waals surface area (Å²) in [5.74, 6) is 0.990. The monoisotopic (exact) mass is 384 g/mol. The van der Waals surface area contributed by atoms with Crippen LogP contribution in [0.3, 0.4) is 0 Å². The molecule has 0 saturated carbocycles. The van der Waals surface area contributed by atoms with Gasteiger partial charge in [-0.25, -0.2) is 0 Å². The van der Waals surface area contributed by atoms with E-state index in [1.54, 1.807) is 35.6 Å². The number of benzene rings is 1. The standard InChI is InChI=1S/C18H16N4O2S2/c1-2-21-15(14-8-5-10-25-14)19-20-18(21)26-11-9-22-16(23)12-6-3-4-7-13(12)17(22)24/h3-8,10H,2,9,11H2,1H3. The van der Waals surface area contributed by atoms with E-state index in [4.69, 9.17) is 0 Å². The Hall–Kier alpha value is -2.45. The molecule has 3 aromatic rings. The van der Waals surface area contributed by atoms with E-state index < -0.39 is 0 Å². The van der Waals surface area contributed by atoms with E-state index in [0.717, 1.165) is 22.4 Å². The van der Waals surface area contributed by atoms with Gasteiger partial charge in [-0.1, -0.05) is 30.0 Å². The zero-order chi connectivity index (χ0) is 18.1. The highest BCUT2D eigenvalue weighted by atomic mass is 32.2. The fourth-order valence-corrected chi connectivity index (χ4v) is 4.58. The molecule has 0 atom stereocenters. The molecule has 0 bridgehead atoms. The lowest BCUT2D eigenvalue weighted by Gasteiger charge is -2.13. The second kappa shape index (κ2) is 7.05. The van der Waals surface area contributed by atoms with Crippen LogP contribution >= 0.6 is 23.1 Å². The summed E-state index contributed by atoms with van der Waals surface area (Å²) >= 11 is 3.13. The van der Waals surface area contributed by atoms with E-state index in [1.807, 2.05) is 17.5 Å². The van der Waals surface area contributed by atoms with Crippen LogP contribution in [-0.4, -0.2) is 43.8 Å². The van der Waals surface area contributed by atoms with Crippen molar-refractivity contribution >= 4 is 34.9 Å². The number of thiophene rings is 1. The van der Waals surface area contributed by atoms with Crippen molar-refractivity contribution in [2.45, 2.75) is 18.6 Å². The molecule has 8 heteroatoms. The first-order chi connectivity index (χ1) is 12.7. The maximum Gasteiger partial charge on any atom is 0.261 e. The molecule has 0 radical (unpaired) electrons. The van der Waals surface area contributed by atoms with Gasteiger partial charge in [-0.15, -0.1) is 21.5 Å². The van der Waals surface area contributed by atoms with Crippen molar-refractivity contribution < 1.29 is 9.59 Å². The fraction of sp³-hybridized carbons (Fsp3) is 0.222. The second-order valence-corrected chi connectivity index (χ2v) is 7.69. The molecule has 3 heterocycles. The van der Waals surface area contributed by atoms with Gasteiger partial charge in [0.05, 0.1) is 16.0 Å². The smallest absolute Gasteiger partial charge is 0.261 e. The summed E-state index contributed by atoms with van der Waals surface area (Å²) in [6.07, 6.45) is 0. The van der Waals surface area contributed by atoms with Gasteiger partial charge in [0.25, 0.3) is 11.8 Å². The molecule has 1 aromatic carbocycles. The molecule has 0 fully saturated rings. The molecule has 2 amide bonds. The number of fused-ring (bicyclic) bond motifs is 1. The van der Waals surface area contributed by atoms with Gasteiger partial charge in [-0.2, -0.15) is 0 Å². The predicted molar refractivity (Wildman–Crippen MR) is 102 cm³/mol. The molecule has 0 spiro atoms. The minimum absolute atomic E-state index is 0.220. The van der Waals surface area contributed by atoms with Gasteiger partial charge < -0.3 is 4.57 Å². The molecule has 26 heavy (non-hydrogen) atoms. The van der Waals surface area contributed by atoms with E-state index in [9.17, 15) is 9.59 Å². The number of rotatable bonds is 6. The van der Waals surface area contributed by atoms with Crippen molar-refractivity contribution in [3.05, 3.63) is 52.9 Å². The van der Waals surface area contributed by atoms with Gasteiger partial charge in [0, 0.05) is 18.8 Å². The summed E-state index contributed by atoms with van der Waals surface area (Å²) < 4.78 is 2.05. The molecule has 4 rings (SSSR count). The normalized spacial score (nSPS) is 13.5. The highest BCUT2D eigenvalue weighted by Crippen LogP contribution is 2.28. The molecule has 0 N–H and O–H groups in total. The Kier molecular flexibility index (Phi) is 4.60. The molecule has 2 aromatic heterocycles. The lowest BCUT2D eigenvalue weighted by molar-refractivity contribution is 0.0664. The Bertz CT molecular complexity index is 930. The van der Waals surface area contributed by atoms with Gasteiger partial charge in [-0.3, -0.25) is 14.5 Å². The average Bonchev–Trinajstić information content (AvgIpc) is 3.37. The van der Waals surface area contributed by atoms with Crippen molar-refractivity contribution in [2.24, 2.45) is 0 Å². The fourth-order valence-electron chi connectivity index (χ4n) is 2.94. The minimum atomic E-state index is -0.220. The molecule has 1 aliphatic heterocycles. The third kappa shape index (κ3) is 2.85. The summed E-state index contributed by atoms with van der Waals surface area (Å²) in [6, 6.07) is 11.0. The summed E-state index contributed by atoms with van der Waals surface area (Å²) in [6.45, 7) is 3.16.